The molecule has 1 fully saturated rings. The van der Waals surface area contributed by atoms with Gasteiger partial charge in [-0.15, -0.1) is 0 Å². The van der Waals surface area contributed by atoms with E-state index in [1.807, 2.05) is 0 Å². The second kappa shape index (κ2) is 4.36. The van der Waals surface area contributed by atoms with Crippen LogP contribution in [-0.4, -0.2) is 31.9 Å². The SMILES string of the molecule is NCCCN(C1CCC1)S(N)(=O)=O. The van der Waals surface area contributed by atoms with Crippen LogP contribution >= 0.6 is 0 Å². The lowest BCUT2D eigenvalue weighted by Crippen LogP contribution is -2.48. The van der Waals surface area contributed by atoms with Crippen molar-refractivity contribution in [3.8, 4) is 0 Å². The molecule has 0 amide bonds. The van der Waals surface area contributed by atoms with Gasteiger partial charge in [0.15, 0.2) is 0 Å². The van der Waals surface area contributed by atoms with Gasteiger partial charge >= 0.3 is 0 Å². The molecular formula is C7H17N3O2S. The first-order valence-corrected chi connectivity index (χ1v) is 6.05. The molecule has 4 N–H and O–H groups in total. The molecule has 0 saturated heterocycles. The Balaban J connectivity index is 2.53. The van der Waals surface area contributed by atoms with E-state index in [0.717, 1.165) is 19.3 Å². The molecule has 78 valence electrons. The summed E-state index contributed by atoms with van der Waals surface area (Å²) in [6.45, 7) is 0.957. The van der Waals surface area contributed by atoms with Crippen LogP contribution in [0.25, 0.3) is 0 Å². The highest BCUT2D eigenvalue weighted by Crippen LogP contribution is 2.25. The minimum Gasteiger partial charge on any atom is -0.330 e. The molecule has 0 aromatic rings. The van der Waals surface area contributed by atoms with Crippen LogP contribution in [0, 0.1) is 0 Å². The van der Waals surface area contributed by atoms with Gasteiger partial charge in [0.2, 0.25) is 0 Å². The Morgan fingerprint density at radius 2 is 2.00 bits per heavy atom. The lowest BCUT2D eigenvalue weighted by molar-refractivity contribution is 0.218. The van der Waals surface area contributed by atoms with E-state index in [1.165, 1.54) is 4.31 Å². The van der Waals surface area contributed by atoms with Crippen LogP contribution in [0.15, 0.2) is 0 Å². The van der Waals surface area contributed by atoms with Crippen molar-refractivity contribution in [2.45, 2.75) is 31.7 Å². The number of hydrogen-bond acceptors (Lipinski definition) is 3. The van der Waals surface area contributed by atoms with Gasteiger partial charge in [0.05, 0.1) is 0 Å². The normalized spacial score (nSPS) is 19.0. The van der Waals surface area contributed by atoms with Crippen LogP contribution < -0.4 is 10.9 Å². The Bertz CT molecular complexity index is 248. The third-order valence-electron chi connectivity index (χ3n) is 2.39. The second-order valence-electron chi connectivity index (χ2n) is 3.38. The summed E-state index contributed by atoms with van der Waals surface area (Å²) in [5.74, 6) is 0. The summed E-state index contributed by atoms with van der Waals surface area (Å²) in [5.41, 5.74) is 5.32. The smallest absolute Gasteiger partial charge is 0.277 e. The maximum absolute atomic E-state index is 11.1. The fourth-order valence-corrected chi connectivity index (χ4v) is 2.45. The van der Waals surface area contributed by atoms with E-state index >= 15 is 0 Å². The van der Waals surface area contributed by atoms with Crippen molar-refractivity contribution in [1.29, 1.82) is 0 Å². The zero-order valence-corrected chi connectivity index (χ0v) is 8.46. The fourth-order valence-electron chi connectivity index (χ4n) is 1.44. The maximum atomic E-state index is 11.1. The Morgan fingerprint density at radius 3 is 2.31 bits per heavy atom. The summed E-state index contributed by atoms with van der Waals surface area (Å²) >= 11 is 0. The molecule has 1 aliphatic carbocycles. The fraction of sp³-hybridized carbons (Fsp3) is 1.00. The van der Waals surface area contributed by atoms with Crippen molar-refractivity contribution in [2.75, 3.05) is 13.1 Å². The van der Waals surface area contributed by atoms with Gasteiger partial charge < -0.3 is 5.73 Å². The molecular weight excluding hydrogens is 190 g/mol. The van der Waals surface area contributed by atoms with Gasteiger partial charge in [0.1, 0.15) is 0 Å². The molecule has 0 bridgehead atoms. The zero-order valence-electron chi connectivity index (χ0n) is 7.65. The summed E-state index contributed by atoms with van der Waals surface area (Å²) < 4.78 is 23.6. The van der Waals surface area contributed by atoms with Crippen LogP contribution in [0.5, 0.6) is 0 Å². The molecule has 13 heavy (non-hydrogen) atoms. The van der Waals surface area contributed by atoms with Gasteiger partial charge in [0, 0.05) is 12.6 Å². The van der Waals surface area contributed by atoms with Crippen molar-refractivity contribution in [3.05, 3.63) is 0 Å². The number of hydrogen-bond donors (Lipinski definition) is 2. The second-order valence-corrected chi connectivity index (χ2v) is 4.88. The molecule has 0 heterocycles. The first-order valence-electron chi connectivity index (χ1n) is 4.55. The Kier molecular flexibility index (Phi) is 3.66. The highest BCUT2D eigenvalue weighted by atomic mass is 32.2. The minimum absolute atomic E-state index is 0.126. The number of nitrogens with two attached hydrogens (primary N) is 2. The van der Waals surface area contributed by atoms with Gasteiger partial charge in [-0.1, -0.05) is 6.42 Å². The van der Waals surface area contributed by atoms with Crippen LogP contribution in [-0.2, 0) is 10.2 Å². The molecule has 1 aliphatic rings. The largest absolute Gasteiger partial charge is 0.330 e. The molecule has 1 saturated carbocycles. The van der Waals surface area contributed by atoms with Gasteiger partial charge in [-0.05, 0) is 25.8 Å². The Labute approximate surface area is 79.3 Å². The molecule has 0 aromatic heterocycles. The third-order valence-corrected chi connectivity index (χ3v) is 3.53. The standard InChI is InChI=1S/C7H17N3O2S/c8-5-2-6-10(13(9,11)12)7-3-1-4-7/h7H,1-6,8H2,(H2,9,11,12). The molecule has 1 rings (SSSR count). The molecule has 0 spiro atoms. The average molecular weight is 207 g/mol. The van der Waals surface area contributed by atoms with E-state index in [2.05, 4.69) is 0 Å². The lowest BCUT2D eigenvalue weighted by atomic mass is 9.93. The van der Waals surface area contributed by atoms with E-state index in [1.54, 1.807) is 0 Å². The van der Waals surface area contributed by atoms with Crippen molar-refractivity contribution in [3.63, 3.8) is 0 Å². The van der Waals surface area contributed by atoms with Crippen molar-refractivity contribution in [2.24, 2.45) is 10.9 Å². The summed E-state index contributed by atoms with van der Waals surface area (Å²) in [4.78, 5) is 0. The lowest BCUT2D eigenvalue weighted by Gasteiger charge is -2.35. The summed E-state index contributed by atoms with van der Waals surface area (Å²) in [7, 11) is -3.52. The minimum atomic E-state index is -3.52. The highest BCUT2D eigenvalue weighted by Gasteiger charge is 2.30. The first-order chi connectivity index (χ1) is 6.05. The van der Waals surface area contributed by atoms with Crippen molar-refractivity contribution in [1.82, 2.24) is 4.31 Å². The van der Waals surface area contributed by atoms with E-state index in [0.29, 0.717) is 19.5 Å². The summed E-state index contributed by atoms with van der Waals surface area (Å²) in [5, 5.41) is 5.09. The van der Waals surface area contributed by atoms with Crippen LogP contribution in [0.2, 0.25) is 0 Å². The highest BCUT2D eigenvalue weighted by molar-refractivity contribution is 7.86. The number of nitrogens with zero attached hydrogens (tertiary/aromatic N) is 1. The predicted molar refractivity (Wildman–Crippen MR) is 51.1 cm³/mol. The molecule has 6 heteroatoms. The first kappa shape index (κ1) is 10.9. The predicted octanol–water partition coefficient (Wildman–Crippen LogP) is -0.607. The Hall–Kier alpha value is -0.170. The van der Waals surface area contributed by atoms with E-state index in [9.17, 15) is 8.42 Å². The quantitative estimate of drug-likeness (QED) is 0.630. The summed E-state index contributed by atoms with van der Waals surface area (Å²) in [6.07, 6.45) is 3.63. The molecule has 0 aromatic carbocycles. The topological polar surface area (TPSA) is 89.4 Å². The average Bonchev–Trinajstić information content (AvgIpc) is 1.91. The van der Waals surface area contributed by atoms with E-state index in [-0.39, 0.29) is 6.04 Å². The molecule has 0 aliphatic heterocycles. The van der Waals surface area contributed by atoms with Gasteiger partial charge in [-0.3, -0.25) is 0 Å². The van der Waals surface area contributed by atoms with Crippen molar-refractivity contribution < 1.29 is 8.42 Å². The Morgan fingerprint density at radius 1 is 1.38 bits per heavy atom. The third kappa shape index (κ3) is 2.91. The maximum Gasteiger partial charge on any atom is 0.277 e. The molecule has 0 unspecified atom stereocenters. The van der Waals surface area contributed by atoms with E-state index in [4.69, 9.17) is 10.9 Å². The molecule has 0 radical (unpaired) electrons. The monoisotopic (exact) mass is 207 g/mol. The van der Waals surface area contributed by atoms with Crippen LogP contribution in [0.1, 0.15) is 25.7 Å². The van der Waals surface area contributed by atoms with Crippen LogP contribution in [0.4, 0.5) is 0 Å². The summed E-state index contributed by atoms with van der Waals surface area (Å²) in [6, 6.07) is 0.126. The molecule has 0 atom stereocenters. The van der Waals surface area contributed by atoms with Gasteiger partial charge in [-0.25, -0.2) is 5.14 Å². The zero-order chi connectivity index (χ0) is 9.90. The van der Waals surface area contributed by atoms with E-state index < -0.39 is 10.2 Å². The van der Waals surface area contributed by atoms with Crippen molar-refractivity contribution >= 4 is 10.2 Å². The van der Waals surface area contributed by atoms with Gasteiger partial charge in [-0.2, -0.15) is 12.7 Å². The van der Waals surface area contributed by atoms with Gasteiger partial charge in [0.25, 0.3) is 10.2 Å². The van der Waals surface area contributed by atoms with Crippen LogP contribution in [0.3, 0.4) is 0 Å². The number of rotatable bonds is 5. The molecule has 5 nitrogen and oxygen atoms in total.